The van der Waals surface area contributed by atoms with E-state index >= 15 is 0 Å². The Kier molecular flexibility index (Phi) is 31.2. The third kappa shape index (κ3) is 24.7. The second kappa shape index (κ2) is 36.2. The normalized spacial score (nSPS) is 12.3. The van der Waals surface area contributed by atoms with Gasteiger partial charge >= 0.3 is 11.9 Å². The number of hydrogen-bond donors (Lipinski definition) is 0. The number of ether oxygens (including phenoxy) is 5. The topological polar surface area (TPSA) is 190 Å². The first kappa shape index (κ1) is 56.1. The molecule has 0 aliphatic rings. The molecule has 0 saturated heterocycles. The first-order valence-electron chi connectivity index (χ1n) is 23.2. The third-order valence-electron chi connectivity index (χ3n) is 10.4. The number of carbonyl (C=O) groups excluding carboxylic acids is 4. The number of nitrogens with zero attached hydrogens (tertiary/aromatic N) is 5. The van der Waals surface area contributed by atoms with E-state index < -0.39 is 23.8 Å². The van der Waals surface area contributed by atoms with Crippen molar-refractivity contribution in [2.45, 2.75) is 118 Å². The summed E-state index contributed by atoms with van der Waals surface area (Å²) in [6.07, 6.45) is 22.3. The maximum absolute atomic E-state index is 12.4. The van der Waals surface area contributed by atoms with Gasteiger partial charge in [0.2, 0.25) is 0 Å². The summed E-state index contributed by atoms with van der Waals surface area (Å²) in [5.41, 5.74) is 3.28. The van der Waals surface area contributed by atoms with E-state index in [1.807, 2.05) is 37.3 Å². The molecule has 0 saturated carbocycles. The molecular weight excluding hydrogens is 847 g/mol. The molecule has 1 heterocycles. The van der Waals surface area contributed by atoms with Gasteiger partial charge in [0.15, 0.2) is 5.00 Å². The van der Waals surface area contributed by atoms with Gasteiger partial charge in [0.1, 0.15) is 42.8 Å². The summed E-state index contributed by atoms with van der Waals surface area (Å²) in [5.74, 6) is -1.68. The van der Waals surface area contributed by atoms with Gasteiger partial charge < -0.3 is 38.2 Å². The molecule has 65 heavy (non-hydrogen) atoms. The number of esters is 2. The van der Waals surface area contributed by atoms with Crippen molar-refractivity contribution >= 4 is 52.2 Å². The number of thiophene rings is 1. The van der Waals surface area contributed by atoms with E-state index in [4.69, 9.17) is 23.7 Å². The highest BCUT2D eigenvalue weighted by Gasteiger charge is 2.17. The predicted molar refractivity (Wildman–Crippen MR) is 254 cm³/mol. The highest BCUT2D eigenvalue weighted by molar-refractivity contribution is 7.16. The lowest BCUT2D eigenvalue weighted by atomic mass is 10.0. The fraction of sp³-hybridized carbons (Fsp3) is 0.600. The fourth-order valence-corrected chi connectivity index (χ4v) is 7.38. The van der Waals surface area contributed by atoms with Crippen LogP contribution in [0.4, 0.5) is 16.4 Å². The van der Waals surface area contributed by atoms with Crippen LogP contribution in [0.15, 0.2) is 52.7 Å². The van der Waals surface area contributed by atoms with Crippen LogP contribution in [-0.2, 0) is 42.9 Å². The lowest BCUT2D eigenvalue weighted by Crippen LogP contribution is -2.31. The maximum atomic E-state index is 12.4. The Bertz CT molecular complexity index is 1870. The van der Waals surface area contributed by atoms with E-state index in [1.54, 1.807) is 6.92 Å². The van der Waals surface area contributed by atoms with Gasteiger partial charge in [-0.25, -0.2) is 0 Å². The van der Waals surface area contributed by atoms with Crippen molar-refractivity contribution in [3.63, 3.8) is 0 Å². The van der Waals surface area contributed by atoms with Crippen LogP contribution in [0.1, 0.15) is 125 Å². The number of rotatable bonds is 38. The Morgan fingerprint density at radius 3 is 1.69 bits per heavy atom. The van der Waals surface area contributed by atoms with Gasteiger partial charge in [-0.1, -0.05) is 76.7 Å². The van der Waals surface area contributed by atoms with Crippen molar-refractivity contribution in [2.75, 3.05) is 70.8 Å². The van der Waals surface area contributed by atoms with E-state index in [1.165, 1.54) is 38.5 Å². The van der Waals surface area contributed by atoms with Gasteiger partial charge in [0.05, 0.1) is 63.7 Å². The number of benzene rings is 1. The molecule has 0 bridgehead atoms. The number of carbonyl (C=O) groups is 4. The zero-order chi connectivity index (χ0) is 47.3. The molecule has 0 spiro atoms. The SMILES string of the molecule is CCCCCC/C=C/CC(C=O)CC(=O)OCCOCCOCCN(CCOCCOC(=O)CC(C=O)C/C=C/CCCCCC)c1ccc(/N=N/c2sc(C#N)c(C)c2C#N)c(C)c1. The lowest BCUT2D eigenvalue weighted by molar-refractivity contribution is -0.147. The molecule has 2 rings (SSSR count). The van der Waals surface area contributed by atoms with E-state index in [9.17, 15) is 29.7 Å². The summed E-state index contributed by atoms with van der Waals surface area (Å²) in [5, 5.41) is 28.1. The number of aryl methyl sites for hydroxylation is 1. The molecule has 1 aromatic carbocycles. The van der Waals surface area contributed by atoms with E-state index in [0.29, 0.717) is 79.1 Å². The van der Waals surface area contributed by atoms with E-state index in [2.05, 4.69) is 53.3 Å². The molecule has 0 amide bonds. The quantitative estimate of drug-likeness (QED) is 0.0204. The van der Waals surface area contributed by atoms with Crippen LogP contribution in [-0.4, -0.2) is 90.5 Å². The average molecular weight is 918 g/mol. The first-order chi connectivity index (χ1) is 31.7. The monoisotopic (exact) mass is 917 g/mol. The van der Waals surface area contributed by atoms with Gasteiger partial charge in [-0.05, 0) is 81.7 Å². The zero-order valence-corrected chi connectivity index (χ0v) is 40.0. The molecule has 0 radical (unpaired) electrons. The number of aldehydes is 2. The third-order valence-corrected chi connectivity index (χ3v) is 11.5. The van der Waals surface area contributed by atoms with Gasteiger partial charge in [-0.15, -0.1) is 21.6 Å². The maximum Gasteiger partial charge on any atom is 0.306 e. The number of allylic oxidation sites excluding steroid dienone is 4. The van der Waals surface area contributed by atoms with Crippen LogP contribution >= 0.6 is 11.3 Å². The van der Waals surface area contributed by atoms with E-state index in [-0.39, 0.29) is 39.3 Å². The number of hydrogen-bond acceptors (Lipinski definition) is 15. The minimum atomic E-state index is -0.433. The van der Waals surface area contributed by atoms with E-state index in [0.717, 1.165) is 60.8 Å². The number of nitriles is 2. The first-order valence-corrected chi connectivity index (χ1v) is 24.0. The molecule has 2 unspecified atom stereocenters. The summed E-state index contributed by atoms with van der Waals surface area (Å²) in [7, 11) is 0. The summed E-state index contributed by atoms with van der Waals surface area (Å²) in [4.78, 5) is 50.2. The molecule has 356 valence electrons. The Labute approximate surface area is 391 Å². The Morgan fingerprint density at radius 1 is 0.692 bits per heavy atom. The molecule has 0 fully saturated rings. The van der Waals surface area contributed by atoms with Crippen molar-refractivity contribution < 1.29 is 42.9 Å². The molecule has 14 nitrogen and oxygen atoms in total. The molecule has 0 aliphatic carbocycles. The standard InChI is InChI=1S/C50H71N5O9S/c1-5-7-9-11-13-15-17-19-42(38-56)34-48(58)63-31-29-61-26-24-55(44-21-22-46(40(3)33-44)53-54-50-45(36-51)41(4)47(37-52)65-50)23-25-60-27-28-62-30-32-64-49(59)35-43(39-57)20-18-16-14-12-10-8-6-2/h15-18,21-22,33,38-39,42-43H,5-14,19-20,23-32,34-35H2,1-4H3/b17-15+,18-16+,54-53+. The number of anilines is 1. The van der Waals surface area contributed by atoms with Crippen LogP contribution in [0.5, 0.6) is 0 Å². The minimum Gasteiger partial charge on any atom is -0.463 e. The predicted octanol–water partition coefficient (Wildman–Crippen LogP) is 10.7. The molecule has 15 heteroatoms. The highest BCUT2D eigenvalue weighted by Crippen LogP contribution is 2.36. The Balaban J connectivity index is 1.85. The average Bonchev–Trinajstić information content (AvgIpc) is 3.62. The molecular formula is C50H71N5O9S. The molecule has 2 atom stereocenters. The van der Waals surface area contributed by atoms with Gasteiger partial charge in [0, 0.05) is 30.6 Å². The fourth-order valence-electron chi connectivity index (χ4n) is 6.50. The van der Waals surface area contributed by atoms with Gasteiger partial charge in [-0.3, -0.25) is 9.59 Å². The van der Waals surface area contributed by atoms with Crippen LogP contribution in [0.25, 0.3) is 0 Å². The Morgan fingerprint density at radius 2 is 1.22 bits per heavy atom. The summed E-state index contributed by atoms with van der Waals surface area (Å²) in [6, 6.07) is 9.94. The second-order valence-corrected chi connectivity index (χ2v) is 16.7. The summed E-state index contributed by atoms with van der Waals surface area (Å²) >= 11 is 1.13. The lowest BCUT2D eigenvalue weighted by Gasteiger charge is -2.25. The second-order valence-electron chi connectivity index (χ2n) is 15.7. The van der Waals surface area contributed by atoms with Crippen molar-refractivity contribution in [2.24, 2.45) is 22.1 Å². The summed E-state index contributed by atoms with van der Waals surface area (Å²) in [6.45, 7) is 10.9. The van der Waals surface area contributed by atoms with Crippen molar-refractivity contribution in [3.05, 3.63) is 64.1 Å². The number of azo groups is 1. The van der Waals surface area contributed by atoms with Crippen LogP contribution < -0.4 is 4.90 Å². The van der Waals surface area contributed by atoms with Crippen molar-refractivity contribution in [1.82, 2.24) is 0 Å². The smallest absolute Gasteiger partial charge is 0.306 e. The number of unbranched alkanes of at least 4 members (excludes halogenated alkanes) is 8. The van der Waals surface area contributed by atoms with Crippen LogP contribution in [0, 0.1) is 48.3 Å². The molecule has 0 aliphatic heterocycles. The van der Waals surface area contributed by atoms with Crippen molar-refractivity contribution in [3.8, 4) is 12.1 Å². The van der Waals surface area contributed by atoms with Crippen molar-refractivity contribution in [1.29, 1.82) is 10.5 Å². The highest BCUT2D eigenvalue weighted by atomic mass is 32.1. The summed E-state index contributed by atoms with van der Waals surface area (Å²) < 4.78 is 27.9. The van der Waals surface area contributed by atoms with Gasteiger partial charge in [0.25, 0.3) is 0 Å². The molecule has 0 N–H and O–H groups in total. The van der Waals surface area contributed by atoms with Crippen LogP contribution in [0.3, 0.4) is 0 Å². The largest absolute Gasteiger partial charge is 0.463 e. The van der Waals surface area contributed by atoms with Gasteiger partial charge in [-0.2, -0.15) is 10.5 Å². The minimum absolute atomic E-state index is 0.0265. The molecule has 1 aromatic heterocycles. The van der Waals surface area contributed by atoms with Crippen LogP contribution in [0.2, 0.25) is 0 Å². The molecule has 2 aromatic rings. The zero-order valence-electron chi connectivity index (χ0n) is 39.1. The Hall–Kier alpha value is -5.06.